The molecule has 0 aliphatic heterocycles. The SMILES string of the molecule is CCN(Cc1cccc(C)c1)C(=O)c1cnc(NCC2CC2)nc1-c1ccccc1F. The number of aryl methyl sites for hydroxylation is 1. The Morgan fingerprint density at radius 1 is 1.19 bits per heavy atom. The lowest BCUT2D eigenvalue weighted by molar-refractivity contribution is 0.0752. The third-order valence-electron chi connectivity index (χ3n) is 5.52. The minimum Gasteiger partial charge on any atom is -0.354 e. The molecule has 0 bridgehead atoms. The van der Waals surface area contributed by atoms with Crippen LogP contribution in [-0.2, 0) is 6.54 Å². The Bertz CT molecular complexity index is 1080. The average molecular weight is 419 g/mol. The highest BCUT2D eigenvalue weighted by Gasteiger charge is 2.24. The van der Waals surface area contributed by atoms with E-state index in [1.807, 2.05) is 32.0 Å². The number of benzene rings is 2. The van der Waals surface area contributed by atoms with Gasteiger partial charge in [0.2, 0.25) is 5.95 Å². The molecule has 1 heterocycles. The topological polar surface area (TPSA) is 58.1 Å². The molecule has 5 nitrogen and oxygen atoms in total. The predicted molar refractivity (Wildman–Crippen MR) is 120 cm³/mol. The molecule has 2 aromatic carbocycles. The number of halogens is 1. The van der Waals surface area contributed by atoms with E-state index in [2.05, 4.69) is 21.4 Å². The zero-order chi connectivity index (χ0) is 21.8. The van der Waals surface area contributed by atoms with Crippen molar-refractivity contribution < 1.29 is 9.18 Å². The molecule has 1 fully saturated rings. The first-order valence-corrected chi connectivity index (χ1v) is 10.8. The van der Waals surface area contributed by atoms with Crippen LogP contribution in [0.4, 0.5) is 10.3 Å². The highest BCUT2D eigenvalue weighted by Crippen LogP contribution is 2.30. The van der Waals surface area contributed by atoms with E-state index >= 15 is 0 Å². The molecule has 0 radical (unpaired) electrons. The van der Waals surface area contributed by atoms with Gasteiger partial charge in [-0.2, -0.15) is 0 Å². The molecule has 1 N–H and O–H groups in total. The van der Waals surface area contributed by atoms with E-state index in [1.165, 1.54) is 25.1 Å². The second kappa shape index (κ2) is 9.25. The third kappa shape index (κ3) is 5.08. The number of hydrogen-bond donors (Lipinski definition) is 1. The standard InChI is InChI=1S/C25H27FN4O/c1-3-30(16-19-8-6-7-17(2)13-19)24(31)21-15-28-25(27-14-18-11-12-18)29-23(21)20-9-4-5-10-22(20)26/h4-10,13,15,18H,3,11-12,14,16H2,1-2H3,(H,27,28,29). The van der Waals surface area contributed by atoms with E-state index in [4.69, 9.17) is 0 Å². The van der Waals surface area contributed by atoms with Gasteiger partial charge in [0, 0.05) is 31.4 Å². The van der Waals surface area contributed by atoms with Gasteiger partial charge in [0.05, 0.1) is 11.3 Å². The molecule has 6 heteroatoms. The molecule has 1 aliphatic rings. The fourth-order valence-electron chi connectivity index (χ4n) is 3.57. The summed E-state index contributed by atoms with van der Waals surface area (Å²) in [5.41, 5.74) is 3.11. The lowest BCUT2D eigenvalue weighted by atomic mass is 10.0. The van der Waals surface area contributed by atoms with Crippen LogP contribution in [0.25, 0.3) is 11.3 Å². The first-order chi connectivity index (χ1) is 15.0. The molecule has 1 saturated carbocycles. The van der Waals surface area contributed by atoms with Crippen molar-refractivity contribution in [3.05, 3.63) is 77.2 Å². The number of hydrogen-bond acceptors (Lipinski definition) is 4. The van der Waals surface area contributed by atoms with Gasteiger partial charge >= 0.3 is 0 Å². The van der Waals surface area contributed by atoms with Gasteiger partial charge in [0.1, 0.15) is 5.82 Å². The van der Waals surface area contributed by atoms with Crippen molar-refractivity contribution in [2.75, 3.05) is 18.4 Å². The van der Waals surface area contributed by atoms with Gasteiger partial charge in [-0.25, -0.2) is 14.4 Å². The van der Waals surface area contributed by atoms with Crippen LogP contribution in [0.5, 0.6) is 0 Å². The maximum Gasteiger partial charge on any atom is 0.257 e. The van der Waals surface area contributed by atoms with Crippen molar-refractivity contribution in [2.45, 2.75) is 33.2 Å². The van der Waals surface area contributed by atoms with Crippen LogP contribution in [0.3, 0.4) is 0 Å². The summed E-state index contributed by atoms with van der Waals surface area (Å²) in [6.45, 7) is 5.74. The van der Waals surface area contributed by atoms with E-state index in [9.17, 15) is 9.18 Å². The van der Waals surface area contributed by atoms with Crippen LogP contribution in [0.2, 0.25) is 0 Å². The van der Waals surface area contributed by atoms with Gasteiger partial charge in [0.25, 0.3) is 5.91 Å². The summed E-state index contributed by atoms with van der Waals surface area (Å²) in [4.78, 5) is 24.1. The predicted octanol–water partition coefficient (Wildman–Crippen LogP) is 5.08. The molecule has 1 aromatic heterocycles. The van der Waals surface area contributed by atoms with E-state index in [0.29, 0.717) is 41.8 Å². The summed E-state index contributed by atoms with van der Waals surface area (Å²) in [7, 11) is 0. The first kappa shape index (κ1) is 21.0. The number of aromatic nitrogens is 2. The lowest BCUT2D eigenvalue weighted by Gasteiger charge is -2.22. The third-order valence-corrected chi connectivity index (χ3v) is 5.52. The van der Waals surface area contributed by atoms with Gasteiger partial charge in [-0.1, -0.05) is 42.0 Å². The first-order valence-electron chi connectivity index (χ1n) is 10.8. The molecule has 0 spiro atoms. The molecular weight excluding hydrogens is 391 g/mol. The summed E-state index contributed by atoms with van der Waals surface area (Å²) in [5.74, 6) is 0.441. The number of anilines is 1. The summed E-state index contributed by atoms with van der Waals surface area (Å²) in [5, 5.41) is 3.22. The molecule has 0 saturated heterocycles. The summed E-state index contributed by atoms with van der Waals surface area (Å²) in [6, 6.07) is 14.5. The maximum absolute atomic E-state index is 14.6. The van der Waals surface area contributed by atoms with Gasteiger partial charge < -0.3 is 10.2 Å². The van der Waals surface area contributed by atoms with Gasteiger partial charge in [-0.15, -0.1) is 0 Å². The lowest BCUT2D eigenvalue weighted by Crippen LogP contribution is -2.31. The summed E-state index contributed by atoms with van der Waals surface area (Å²) in [6.07, 6.45) is 3.92. The van der Waals surface area contributed by atoms with E-state index < -0.39 is 5.82 Å². The van der Waals surface area contributed by atoms with E-state index in [1.54, 1.807) is 23.1 Å². The highest BCUT2D eigenvalue weighted by molar-refractivity contribution is 5.99. The second-order valence-electron chi connectivity index (χ2n) is 8.07. The minimum atomic E-state index is -0.412. The van der Waals surface area contributed by atoms with Crippen molar-refractivity contribution in [1.82, 2.24) is 14.9 Å². The molecule has 31 heavy (non-hydrogen) atoms. The average Bonchev–Trinajstić information content (AvgIpc) is 3.60. The fourth-order valence-corrected chi connectivity index (χ4v) is 3.57. The number of carbonyl (C=O) groups is 1. The van der Waals surface area contributed by atoms with Crippen LogP contribution in [0.15, 0.2) is 54.7 Å². The highest BCUT2D eigenvalue weighted by atomic mass is 19.1. The van der Waals surface area contributed by atoms with Crippen molar-refractivity contribution >= 4 is 11.9 Å². The molecular formula is C25H27FN4O. The van der Waals surface area contributed by atoms with Crippen LogP contribution in [0.1, 0.15) is 41.3 Å². The van der Waals surface area contributed by atoms with Gasteiger partial charge in [-0.3, -0.25) is 4.79 Å². The number of nitrogens with one attached hydrogen (secondary N) is 1. The zero-order valence-electron chi connectivity index (χ0n) is 17.9. The molecule has 160 valence electrons. The van der Waals surface area contributed by atoms with Crippen molar-refractivity contribution in [3.63, 3.8) is 0 Å². The Morgan fingerprint density at radius 3 is 2.71 bits per heavy atom. The van der Waals surface area contributed by atoms with Crippen LogP contribution in [-0.4, -0.2) is 33.9 Å². The Balaban J connectivity index is 1.67. The van der Waals surface area contributed by atoms with Gasteiger partial charge in [-0.05, 0) is 50.3 Å². The maximum atomic E-state index is 14.6. The summed E-state index contributed by atoms with van der Waals surface area (Å²) < 4.78 is 14.6. The molecule has 1 aliphatic carbocycles. The summed E-state index contributed by atoms with van der Waals surface area (Å²) >= 11 is 0. The molecule has 3 aromatic rings. The largest absolute Gasteiger partial charge is 0.354 e. The molecule has 0 atom stereocenters. The Kier molecular flexibility index (Phi) is 6.26. The van der Waals surface area contributed by atoms with Crippen LogP contribution >= 0.6 is 0 Å². The molecule has 1 amide bonds. The van der Waals surface area contributed by atoms with Crippen molar-refractivity contribution in [2.24, 2.45) is 5.92 Å². The Labute approximate surface area is 182 Å². The van der Waals surface area contributed by atoms with Crippen molar-refractivity contribution in [3.8, 4) is 11.3 Å². The smallest absolute Gasteiger partial charge is 0.257 e. The molecule has 4 rings (SSSR count). The van der Waals surface area contributed by atoms with E-state index in [0.717, 1.165) is 17.7 Å². The number of carbonyl (C=O) groups excluding carboxylic acids is 1. The Morgan fingerprint density at radius 2 is 2.00 bits per heavy atom. The van der Waals surface area contributed by atoms with Gasteiger partial charge in [0.15, 0.2) is 0 Å². The number of nitrogens with zero attached hydrogens (tertiary/aromatic N) is 3. The minimum absolute atomic E-state index is 0.212. The quantitative estimate of drug-likeness (QED) is 0.555. The normalized spacial score (nSPS) is 13.1. The van der Waals surface area contributed by atoms with Crippen molar-refractivity contribution in [1.29, 1.82) is 0 Å². The second-order valence-corrected chi connectivity index (χ2v) is 8.07. The number of rotatable bonds is 8. The van der Waals surface area contributed by atoms with E-state index in [-0.39, 0.29) is 5.91 Å². The monoisotopic (exact) mass is 418 g/mol. The van der Waals surface area contributed by atoms with Crippen LogP contribution < -0.4 is 5.32 Å². The Hall–Kier alpha value is -3.28. The zero-order valence-corrected chi connectivity index (χ0v) is 17.9. The molecule has 0 unspecified atom stereocenters. The fraction of sp³-hybridized carbons (Fsp3) is 0.320. The number of amides is 1. The van der Waals surface area contributed by atoms with Crippen LogP contribution in [0, 0.1) is 18.7 Å².